The molecule has 2 N–H and O–H groups in total. The molecule has 1 aliphatic heterocycles. The number of aliphatic hydroxyl groups excluding tert-OH is 1. The number of anilines is 1. The Bertz CT molecular complexity index is 620. The van der Waals surface area contributed by atoms with Crippen LogP contribution in [0.15, 0.2) is 24.3 Å². The molecule has 1 aromatic carbocycles. The van der Waals surface area contributed by atoms with Crippen LogP contribution in [0, 0.1) is 0 Å². The Hall–Kier alpha value is -1.60. The third kappa shape index (κ3) is 5.51. The molecule has 1 fully saturated rings. The summed E-state index contributed by atoms with van der Waals surface area (Å²) >= 11 is 0. The van der Waals surface area contributed by atoms with Crippen molar-refractivity contribution in [2.75, 3.05) is 23.6 Å². The highest BCUT2D eigenvalue weighted by atomic mass is 32.2. The van der Waals surface area contributed by atoms with E-state index in [9.17, 15) is 18.3 Å². The van der Waals surface area contributed by atoms with E-state index < -0.39 is 10.0 Å². The van der Waals surface area contributed by atoms with Crippen molar-refractivity contribution < 1.29 is 18.3 Å². The van der Waals surface area contributed by atoms with Gasteiger partial charge in [-0.05, 0) is 37.0 Å². The molecule has 0 bridgehead atoms. The summed E-state index contributed by atoms with van der Waals surface area (Å²) in [6.45, 7) is 3.00. The van der Waals surface area contributed by atoms with Gasteiger partial charge in [0.2, 0.25) is 15.9 Å². The molecule has 1 aliphatic rings. The quantitative estimate of drug-likeness (QED) is 0.819. The highest BCUT2D eigenvalue weighted by molar-refractivity contribution is 7.92. The van der Waals surface area contributed by atoms with Crippen LogP contribution in [0.1, 0.15) is 31.7 Å². The van der Waals surface area contributed by atoms with Gasteiger partial charge in [0, 0.05) is 18.8 Å². The Morgan fingerprint density at radius 2 is 1.87 bits per heavy atom. The van der Waals surface area contributed by atoms with Crippen LogP contribution in [-0.2, 0) is 21.2 Å². The zero-order valence-electron chi connectivity index (χ0n) is 13.4. The van der Waals surface area contributed by atoms with Gasteiger partial charge in [0.05, 0.1) is 18.3 Å². The van der Waals surface area contributed by atoms with Crippen LogP contribution in [0.4, 0.5) is 5.69 Å². The van der Waals surface area contributed by atoms with E-state index in [1.54, 1.807) is 29.2 Å². The van der Waals surface area contributed by atoms with Crippen molar-refractivity contribution in [3.05, 3.63) is 29.8 Å². The number of nitrogens with one attached hydrogen (secondary N) is 1. The topological polar surface area (TPSA) is 86.7 Å². The van der Waals surface area contributed by atoms with Gasteiger partial charge in [-0.1, -0.05) is 19.1 Å². The first-order chi connectivity index (χ1) is 10.9. The van der Waals surface area contributed by atoms with E-state index in [4.69, 9.17) is 0 Å². The lowest BCUT2D eigenvalue weighted by Crippen LogP contribution is -2.40. The van der Waals surface area contributed by atoms with Crippen LogP contribution < -0.4 is 4.72 Å². The summed E-state index contributed by atoms with van der Waals surface area (Å²) in [4.78, 5) is 14.0. The summed E-state index contributed by atoms with van der Waals surface area (Å²) in [7, 11) is -3.29. The van der Waals surface area contributed by atoms with Crippen LogP contribution in [0.3, 0.4) is 0 Å². The van der Waals surface area contributed by atoms with Gasteiger partial charge in [-0.15, -0.1) is 0 Å². The Labute approximate surface area is 137 Å². The highest BCUT2D eigenvalue weighted by Crippen LogP contribution is 2.15. The van der Waals surface area contributed by atoms with E-state index in [0.29, 0.717) is 38.0 Å². The summed E-state index contributed by atoms with van der Waals surface area (Å²) in [5.74, 6) is 0.129. The number of aliphatic hydroxyl groups is 1. The molecule has 6 nitrogen and oxygen atoms in total. The van der Waals surface area contributed by atoms with Crippen LogP contribution >= 0.6 is 0 Å². The highest BCUT2D eigenvalue weighted by Gasteiger charge is 2.21. The minimum Gasteiger partial charge on any atom is -0.393 e. The SMILES string of the molecule is CCCS(=O)(=O)Nc1ccc(CC(=O)N2CCC(O)CC2)cc1. The van der Waals surface area contributed by atoms with Gasteiger partial charge >= 0.3 is 0 Å². The summed E-state index contributed by atoms with van der Waals surface area (Å²) in [5.41, 5.74) is 1.36. The average Bonchev–Trinajstić information content (AvgIpc) is 2.49. The molecule has 23 heavy (non-hydrogen) atoms. The fourth-order valence-corrected chi connectivity index (χ4v) is 3.73. The second-order valence-corrected chi connectivity index (χ2v) is 7.75. The zero-order chi connectivity index (χ0) is 16.9. The molecule has 0 radical (unpaired) electrons. The summed E-state index contributed by atoms with van der Waals surface area (Å²) < 4.78 is 25.9. The lowest BCUT2D eigenvalue weighted by Gasteiger charge is -2.29. The summed E-state index contributed by atoms with van der Waals surface area (Å²) in [6.07, 6.45) is 1.81. The molecular weight excluding hydrogens is 316 g/mol. The molecule has 1 amide bonds. The van der Waals surface area contributed by atoms with E-state index in [1.165, 1.54) is 0 Å². The fraction of sp³-hybridized carbons (Fsp3) is 0.562. The van der Waals surface area contributed by atoms with E-state index in [2.05, 4.69) is 4.72 Å². The predicted molar refractivity (Wildman–Crippen MR) is 89.7 cm³/mol. The number of likely N-dealkylation sites (tertiary alicyclic amines) is 1. The third-order valence-electron chi connectivity index (χ3n) is 3.87. The largest absolute Gasteiger partial charge is 0.393 e. The van der Waals surface area contributed by atoms with E-state index in [1.807, 2.05) is 6.92 Å². The molecule has 1 heterocycles. The van der Waals surface area contributed by atoms with Crippen molar-refractivity contribution in [1.82, 2.24) is 4.90 Å². The second-order valence-electron chi connectivity index (χ2n) is 5.91. The van der Waals surface area contributed by atoms with Crippen LogP contribution in [-0.4, -0.2) is 49.3 Å². The molecule has 0 unspecified atom stereocenters. The number of amides is 1. The lowest BCUT2D eigenvalue weighted by molar-refractivity contribution is -0.132. The monoisotopic (exact) mass is 340 g/mol. The molecule has 0 aliphatic carbocycles. The van der Waals surface area contributed by atoms with E-state index >= 15 is 0 Å². The Kier molecular flexibility index (Phi) is 6.01. The molecular formula is C16H24N2O4S. The van der Waals surface area contributed by atoms with Gasteiger partial charge in [0.15, 0.2) is 0 Å². The number of hydrogen-bond donors (Lipinski definition) is 2. The van der Waals surface area contributed by atoms with Crippen molar-refractivity contribution in [1.29, 1.82) is 0 Å². The molecule has 0 saturated carbocycles. The Morgan fingerprint density at radius 3 is 2.43 bits per heavy atom. The Balaban J connectivity index is 1.91. The maximum Gasteiger partial charge on any atom is 0.232 e. The normalized spacial score (nSPS) is 16.3. The molecule has 0 aromatic heterocycles. The van der Waals surface area contributed by atoms with Gasteiger partial charge in [-0.25, -0.2) is 8.42 Å². The minimum atomic E-state index is -3.29. The molecule has 1 aromatic rings. The van der Waals surface area contributed by atoms with Crippen molar-refractivity contribution in [2.24, 2.45) is 0 Å². The number of carbonyl (C=O) groups excluding carboxylic acids is 1. The number of rotatable bonds is 6. The number of piperidine rings is 1. The molecule has 7 heteroatoms. The van der Waals surface area contributed by atoms with Crippen LogP contribution in [0.5, 0.6) is 0 Å². The van der Waals surface area contributed by atoms with Gasteiger partial charge < -0.3 is 10.0 Å². The van der Waals surface area contributed by atoms with Crippen LogP contribution in [0.2, 0.25) is 0 Å². The third-order valence-corrected chi connectivity index (χ3v) is 5.37. The number of benzene rings is 1. The maximum absolute atomic E-state index is 12.2. The van der Waals surface area contributed by atoms with Crippen molar-refractivity contribution in [3.8, 4) is 0 Å². The molecule has 2 rings (SSSR count). The van der Waals surface area contributed by atoms with Crippen LogP contribution in [0.25, 0.3) is 0 Å². The maximum atomic E-state index is 12.2. The van der Waals surface area contributed by atoms with E-state index in [-0.39, 0.29) is 24.2 Å². The fourth-order valence-electron chi connectivity index (χ4n) is 2.59. The van der Waals surface area contributed by atoms with Gasteiger partial charge in [-0.3, -0.25) is 9.52 Å². The average molecular weight is 340 g/mol. The number of carbonyl (C=O) groups is 1. The molecule has 1 saturated heterocycles. The molecule has 0 spiro atoms. The number of nitrogens with zero attached hydrogens (tertiary/aromatic N) is 1. The van der Waals surface area contributed by atoms with Gasteiger partial charge in [-0.2, -0.15) is 0 Å². The molecule has 128 valence electrons. The predicted octanol–water partition coefficient (Wildman–Crippen LogP) is 1.36. The first kappa shape index (κ1) is 17.7. The van der Waals surface area contributed by atoms with Gasteiger partial charge in [0.25, 0.3) is 0 Å². The zero-order valence-corrected chi connectivity index (χ0v) is 14.2. The second kappa shape index (κ2) is 7.79. The number of sulfonamides is 1. The lowest BCUT2D eigenvalue weighted by atomic mass is 10.1. The summed E-state index contributed by atoms with van der Waals surface area (Å²) in [5, 5.41) is 9.47. The first-order valence-electron chi connectivity index (χ1n) is 7.95. The minimum absolute atomic E-state index is 0.0382. The Morgan fingerprint density at radius 1 is 1.26 bits per heavy atom. The number of hydrogen-bond acceptors (Lipinski definition) is 4. The van der Waals surface area contributed by atoms with Crippen molar-refractivity contribution in [2.45, 2.75) is 38.7 Å². The molecule has 0 atom stereocenters. The van der Waals surface area contributed by atoms with Crippen molar-refractivity contribution >= 4 is 21.6 Å². The standard InChI is InChI=1S/C16H24N2O4S/c1-2-11-23(21,22)17-14-5-3-13(4-6-14)12-16(20)18-9-7-15(19)8-10-18/h3-6,15,17,19H,2,7-12H2,1H3. The van der Waals surface area contributed by atoms with E-state index in [0.717, 1.165) is 5.56 Å². The smallest absolute Gasteiger partial charge is 0.232 e. The first-order valence-corrected chi connectivity index (χ1v) is 9.60. The van der Waals surface area contributed by atoms with Gasteiger partial charge in [0.1, 0.15) is 0 Å². The summed E-state index contributed by atoms with van der Waals surface area (Å²) in [6, 6.07) is 6.88. The van der Waals surface area contributed by atoms with Crippen molar-refractivity contribution in [3.63, 3.8) is 0 Å².